The van der Waals surface area contributed by atoms with E-state index in [1.807, 2.05) is 6.07 Å². The largest absolute Gasteiger partial charge is 0.326 e. The Hall–Kier alpha value is -0.600. The molecule has 0 saturated carbocycles. The summed E-state index contributed by atoms with van der Waals surface area (Å²) in [4.78, 5) is 3.53. The van der Waals surface area contributed by atoms with Crippen molar-refractivity contribution >= 4 is 22.9 Å². The molecule has 112 valence electrons. The van der Waals surface area contributed by atoms with Crippen LogP contribution in [-0.2, 0) is 0 Å². The van der Waals surface area contributed by atoms with E-state index in [0.717, 1.165) is 23.8 Å². The van der Waals surface area contributed by atoms with Crippen LogP contribution in [0.15, 0.2) is 12.1 Å². The van der Waals surface area contributed by atoms with Crippen LogP contribution in [0.1, 0.15) is 44.5 Å². The maximum absolute atomic E-state index is 8.88. The van der Waals surface area contributed by atoms with Crippen LogP contribution in [0.4, 0.5) is 0 Å². The molecule has 0 fully saturated rings. The van der Waals surface area contributed by atoms with Crippen molar-refractivity contribution in [3.63, 3.8) is 0 Å². The Morgan fingerprint density at radius 3 is 2.60 bits per heavy atom. The molecule has 1 rings (SSSR count). The molecule has 3 nitrogen and oxygen atoms in total. The van der Waals surface area contributed by atoms with E-state index in [9.17, 15) is 0 Å². The number of hydrogen-bond acceptors (Lipinski definition) is 4. The number of nitrogens with zero attached hydrogens (tertiary/aromatic N) is 2. The van der Waals surface area contributed by atoms with Gasteiger partial charge in [0.1, 0.15) is 0 Å². The van der Waals surface area contributed by atoms with E-state index in [0.29, 0.717) is 12.3 Å². The van der Waals surface area contributed by atoms with Gasteiger partial charge in [0.25, 0.3) is 0 Å². The van der Waals surface area contributed by atoms with Crippen molar-refractivity contribution in [2.75, 3.05) is 13.1 Å². The monoisotopic (exact) mass is 313 g/mol. The third kappa shape index (κ3) is 5.06. The Kier molecular flexibility index (Phi) is 7.53. The fourth-order valence-electron chi connectivity index (χ4n) is 2.38. The quantitative estimate of drug-likeness (QED) is 0.787. The van der Waals surface area contributed by atoms with Gasteiger partial charge >= 0.3 is 0 Å². The molecule has 2 atom stereocenters. The molecule has 0 radical (unpaired) electrons. The van der Waals surface area contributed by atoms with Crippen LogP contribution in [0.5, 0.6) is 0 Å². The highest BCUT2D eigenvalue weighted by atomic mass is 35.5. The first-order chi connectivity index (χ1) is 9.49. The van der Waals surface area contributed by atoms with Crippen molar-refractivity contribution in [1.82, 2.24) is 4.90 Å². The van der Waals surface area contributed by atoms with Crippen LogP contribution < -0.4 is 5.73 Å². The molecule has 1 heterocycles. The standard InChI is InChI=1S/C15H24ClN3S/c1-4-12(18)15(13-6-7-14(16)20-13)19(9-5-8-17)10-11(2)3/h6-7,11-12,15H,4-5,9-10,18H2,1-3H3. The van der Waals surface area contributed by atoms with Gasteiger partial charge in [-0.2, -0.15) is 5.26 Å². The second kappa shape index (κ2) is 8.63. The van der Waals surface area contributed by atoms with Gasteiger partial charge in [-0.3, -0.25) is 4.90 Å². The Balaban J connectivity index is 3.00. The number of hydrogen-bond donors (Lipinski definition) is 1. The predicted molar refractivity (Wildman–Crippen MR) is 87.0 cm³/mol. The minimum Gasteiger partial charge on any atom is -0.326 e. The Bertz CT molecular complexity index is 439. The minimum absolute atomic E-state index is 0.0576. The first kappa shape index (κ1) is 17.5. The van der Waals surface area contributed by atoms with Crippen LogP contribution in [-0.4, -0.2) is 24.0 Å². The first-order valence-corrected chi connectivity index (χ1v) is 8.30. The maximum Gasteiger partial charge on any atom is 0.0931 e. The summed E-state index contributed by atoms with van der Waals surface area (Å²) in [7, 11) is 0. The first-order valence-electron chi connectivity index (χ1n) is 7.11. The summed E-state index contributed by atoms with van der Waals surface area (Å²) in [6, 6.07) is 6.43. The zero-order valence-corrected chi connectivity index (χ0v) is 14.0. The highest BCUT2D eigenvalue weighted by Gasteiger charge is 2.27. The summed E-state index contributed by atoms with van der Waals surface area (Å²) in [6.07, 6.45) is 1.43. The number of nitriles is 1. The molecule has 0 aromatic carbocycles. The van der Waals surface area contributed by atoms with Crippen molar-refractivity contribution in [2.45, 2.75) is 45.7 Å². The zero-order valence-electron chi connectivity index (χ0n) is 12.5. The number of halogens is 1. The molecule has 2 unspecified atom stereocenters. The van der Waals surface area contributed by atoms with Crippen LogP contribution in [0.25, 0.3) is 0 Å². The predicted octanol–water partition coefficient (Wildman–Crippen LogP) is 4.05. The minimum atomic E-state index is 0.0576. The van der Waals surface area contributed by atoms with Gasteiger partial charge in [-0.25, -0.2) is 0 Å². The third-order valence-corrected chi connectivity index (χ3v) is 4.57. The van der Waals surface area contributed by atoms with Crippen molar-refractivity contribution in [3.8, 4) is 6.07 Å². The van der Waals surface area contributed by atoms with E-state index in [1.165, 1.54) is 4.88 Å². The second-order valence-corrected chi connectivity index (χ2v) is 7.20. The van der Waals surface area contributed by atoms with E-state index in [2.05, 4.69) is 37.8 Å². The van der Waals surface area contributed by atoms with E-state index >= 15 is 0 Å². The van der Waals surface area contributed by atoms with Gasteiger partial charge in [0.15, 0.2) is 0 Å². The fourth-order valence-corrected chi connectivity index (χ4v) is 3.65. The Labute approximate surface area is 131 Å². The molecule has 5 heteroatoms. The zero-order chi connectivity index (χ0) is 15.1. The van der Waals surface area contributed by atoms with Crippen molar-refractivity contribution in [3.05, 3.63) is 21.3 Å². The molecule has 20 heavy (non-hydrogen) atoms. The van der Waals surface area contributed by atoms with E-state index in [4.69, 9.17) is 22.6 Å². The lowest BCUT2D eigenvalue weighted by Gasteiger charge is -2.35. The lowest BCUT2D eigenvalue weighted by atomic mass is 10.0. The van der Waals surface area contributed by atoms with Gasteiger partial charge in [0.05, 0.1) is 16.4 Å². The average molecular weight is 314 g/mol. The number of rotatable bonds is 8. The molecule has 0 spiro atoms. The van der Waals surface area contributed by atoms with Gasteiger partial charge < -0.3 is 5.73 Å². The molecule has 0 aliphatic rings. The molecule has 1 aromatic heterocycles. The van der Waals surface area contributed by atoms with Gasteiger partial charge in [-0.15, -0.1) is 11.3 Å². The average Bonchev–Trinajstić information content (AvgIpc) is 2.81. The number of thiophene rings is 1. The molecule has 2 N–H and O–H groups in total. The molecule has 0 aliphatic heterocycles. The van der Waals surface area contributed by atoms with Crippen LogP contribution in [0, 0.1) is 17.2 Å². The highest BCUT2D eigenvalue weighted by Crippen LogP contribution is 2.33. The van der Waals surface area contributed by atoms with Crippen molar-refractivity contribution in [1.29, 1.82) is 5.26 Å². The summed E-state index contributed by atoms with van der Waals surface area (Å²) >= 11 is 7.66. The fraction of sp³-hybridized carbons (Fsp3) is 0.667. The van der Waals surface area contributed by atoms with Crippen molar-refractivity contribution < 1.29 is 0 Å². The molecular weight excluding hydrogens is 290 g/mol. The summed E-state index contributed by atoms with van der Waals surface area (Å²) < 4.78 is 0.790. The Morgan fingerprint density at radius 2 is 2.15 bits per heavy atom. The summed E-state index contributed by atoms with van der Waals surface area (Å²) in [5.74, 6) is 0.538. The van der Waals surface area contributed by atoms with Gasteiger partial charge in [0, 0.05) is 30.4 Å². The maximum atomic E-state index is 8.88. The summed E-state index contributed by atoms with van der Waals surface area (Å²) in [5, 5.41) is 8.88. The van der Waals surface area contributed by atoms with Crippen molar-refractivity contribution in [2.24, 2.45) is 11.7 Å². The Morgan fingerprint density at radius 1 is 1.45 bits per heavy atom. The van der Waals surface area contributed by atoms with Gasteiger partial charge in [0.2, 0.25) is 0 Å². The van der Waals surface area contributed by atoms with Crippen LogP contribution in [0.3, 0.4) is 0 Å². The van der Waals surface area contributed by atoms with E-state index in [1.54, 1.807) is 11.3 Å². The topological polar surface area (TPSA) is 53.0 Å². The lowest BCUT2D eigenvalue weighted by Crippen LogP contribution is -2.42. The molecule has 0 bridgehead atoms. The molecule has 0 saturated heterocycles. The lowest BCUT2D eigenvalue weighted by molar-refractivity contribution is 0.156. The summed E-state index contributed by atoms with van der Waals surface area (Å²) in [6.45, 7) is 8.17. The highest BCUT2D eigenvalue weighted by molar-refractivity contribution is 7.16. The third-order valence-electron chi connectivity index (χ3n) is 3.27. The number of nitrogens with two attached hydrogens (primary N) is 1. The van der Waals surface area contributed by atoms with Gasteiger partial charge in [-0.05, 0) is 24.5 Å². The van der Waals surface area contributed by atoms with E-state index in [-0.39, 0.29) is 12.1 Å². The smallest absolute Gasteiger partial charge is 0.0931 e. The van der Waals surface area contributed by atoms with E-state index < -0.39 is 0 Å². The molecule has 0 aliphatic carbocycles. The second-order valence-electron chi connectivity index (χ2n) is 5.46. The molecule has 1 aromatic rings. The van der Waals surface area contributed by atoms with Crippen LogP contribution >= 0.6 is 22.9 Å². The van der Waals surface area contributed by atoms with Crippen LogP contribution in [0.2, 0.25) is 4.34 Å². The SMILES string of the molecule is CCC(N)C(c1ccc(Cl)s1)N(CCC#N)CC(C)C. The molecule has 0 amide bonds. The molecular formula is C15H24ClN3S. The normalized spacial score (nSPS) is 14.5. The van der Waals surface area contributed by atoms with Gasteiger partial charge in [-0.1, -0.05) is 32.4 Å². The summed E-state index contributed by atoms with van der Waals surface area (Å²) in [5.41, 5.74) is 6.35.